The summed E-state index contributed by atoms with van der Waals surface area (Å²) in [6.45, 7) is 11.4. The van der Waals surface area contributed by atoms with Crippen LogP contribution in [0.3, 0.4) is 0 Å². The molecule has 0 bridgehead atoms. The molecule has 4 atom stereocenters. The number of aliphatic carboxylic acids is 1. The van der Waals surface area contributed by atoms with E-state index in [2.05, 4.69) is 0 Å². The summed E-state index contributed by atoms with van der Waals surface area (Å²) in [6.07, 6.45) is 2.26. The fourth-order valence-corrected chi connectivity index (χ4v) is 6.90. The van der Waals surface area contributed by atoms with Crippen molar-refractivity contribution in [3.8, 4) is 11.5 Å². The number of nitro groups is 1. The van der Waals surface area contributed by atoms with Crippen LogP contribution in [-0.2, 0) is 20.6 Å². The highest BCUT2D eigenvalue weighted by Crippen LogP contribution is 2.52. The predicted molar refractivity (Wildman–Crippen MR) is 174 cm³/mol. The van der Waals surface area contributed by atoms with E-state index in [1.54, 1.807) is 43.3 Å². The number of β-lactam (4-membered cyclic amide) rings is 1. The van der Waals surface area contributed by atoms with Crippen molar-refractivity contribution in [2.45, 2.75) is 70.5 Å². The minimum atomic E-state index is -1.86. The molecule has 12 nitrogen and oxygen atoms in total. The molecule has 5 rings (SSSR count). The molecule has 0 unspecified atom stereocenters. The molecule has 2 aromatic carbocycles. The number of ether oxygens (including phenoxy) is 2. The second-order valence-electron chi connectivity index (χ2n) is 12.9. The van der Waals surface area contributed by atoms with E-state index in [0.29, 0.717) is 17.1 Å². The van der Waals surface area contributed by atoms with Crippen LogP contribution in [0.4, 0.5) is 0 Å². The molecule has 2 aliphatic heterocycles. The molecule has 1 amide bonds. The average molecular weight is 662 g/mol. The highest BCUT2D eigenvalue weighted by molar-refractivity contribution is 6.53. The molecule has 47 heavy (non-hydrogen) atoms. The smallest absolute Gasteiger partial charge is 0.353 e. The van der Waals surface area contributed by atoms with Crippen molar-refractivity contribution in [1.29, 1.82) is 0 Å². The summed E-state index contributed by atoms with van der Waals surface area (Å²) in [4.78, 5) is 50.2. The Balaban J connectivity index is 1.24. The maximum atomic E-state index is 13.3. The quantitative estimate of drug-likeness (QED) is 0.0882. The molecule has 247 valence electrons. The molecule has 3 aromatic rings. The largest absolute Gasteiger partial charge is 0.490 e. The van der Waals surface area contributed by atoms with Crippen molar-refractivity contribution >= 4 is 31.9 Å². The standard InChI is InChI=1S/C34H37N2O10Si/c1-20(46-47(6)33(2,3)4)28-30-34(5,36(41)42)25(29(32(39)40)35(30)31(28)38)8-7-17-43-23-13-9-21(10-14-23)19-44-24-15-11-22-12-16-27(37)45-26(22)18-24/h7-16,18,20,28,30H,17,19H2,1-6H3,(H,39,40)/b8-7+/t20-,28-,30-,34+/m1/s1. The Morgan fingerprint density at radius 2 is 1.79 bits per heavy atom. The molecule has 0 aliphatic carbocycles. The van der Waals surface area contributed by atoms with Crippen LogP contribution in [0.25, 0.3) is 11.0 Å². The Kier molecular flexibility index (Phi) is 9.15. The molecule has 0 saturated carbocycles. The highest BCUT2D eigenvalue weighted by atomic mass is 28.3. The first-order valence-electron chi connectivity index (χ1n) is 15.1. The van der Waals surface area contributed by atoms with E-state index in [1.807, 2.05) is 39.5 Å². The minimum absolute atomic E-state index is 0.00289. The number of rotatable bonds is 12. The topological polar surface area (TPSA) is 159 Å². The van der Waals surface area contributed by atoms with Gasteiger partial charge in [-0.3, -0.25) is 19.8 Å². The summed E-state index contributed by atoms with van der Waals surface area (Å²) < 4.78 is 23.0. The number of hydrogen-bond acceptors (Lipinski definition) is 9. The van der Waals surface area contributed by atoms with Gasteiger partial charge in [0, 0.05) is 29.4 Å². The van der Waals surface area contributed by atoms with E-state index < -0.39 is 60.8 Å². The number of carbonyl (C=O) groups excluding carboxylic acids is 1. The Morgan fingerprint density at radius 3 is 2.43 bits per heavy atom. The minimum Gasteiger partial charge on any atom is -0.490 e. The maximum Gasteiger partial charge on any atom is 0.353 e. The van der Waals surface area contributed by atoms with Crippen LogP contribution >= 0.6 is 0 Å². The zero-order chi connectivity index (χ0) is 34.3. The number of carboxylic acids is 1. The van der Waals surface area contributed by atoms with Gasteiger partial charge in [0.15, 0.2) is 0 Å². The van der Waals surface area contributed by atoms with Crippen molar-refractivity contribution < 1.29 is 37.9 Å². The monoisotopic (exact) mass is 661 g/mol. The Morgan fingerprint density at radius 1 is 1.13 bits per heavy atom. The summed E-state index contributed by atoms with van der Waals surface area (Å²) >= 11 is 0. The van der Waals surface area contributed by atoms with Gasteiger partial charge in [0.05, 0.1) is 17.6 Å². The van der Waals surface area contributed by atoms with E-state index in [-0.39, 0.29) is 23.8 Å². The molecular formula is C34H37N2O10Si. The number of benzene rings is 2. The third-order valence-corrected chi connectivity index (χ3v) is 11.7. The first-order chi connectivity index (χ1) is 22.1. The van der Waals surface area contributed by atoms with Gasteiger partial charge in [-0.1, -0.05) is 39.0 Å². The Bertz CT molecular complexity index is 1830. The Hall–Kier alpha value is -4.75. The maximum absolute atomic E-state index is 13.3. The van der Waals surface area contributed by atoms with Crippen molar-refractivity contribution in [3.63, 3.8) is 0 Å². The SMILES string of the molecule is C[C@@H](O[Si](C)C(C)(C)C)[C@H]1C(=O)N2C(C(=O)O)=C(/C=C/COc3ccc(COc4ccc5ccc(=O)oc5c4)cc3)[C@](C)([N+](=O)[O-])[C@@H]12. The van der Waals surface area contributed by atoms with Gasteiger partial charge in [-0.15, -0.1) is 0 Å². The zero-order valence-corrected chi connectivity index (χ0v) is 28.0. The van der Waals surface area contributed by atoms with Crippen LogP contribution in [0.1, 0.15) is 40.2 Å². The van der Waals surface area contributed by atoms with Crippen molar-refractivity contribution in [1.82, 2.24) is 4.90 Å². The fraction of sp³-hybridized carbons (Fsp3) is 0.382. The zero-order valence-electron chi connectivity index (χ0n) is 27.0. The molecule has 3 heterocycles. The molecule has 13 heteroatoms. The first kappa shape index (κ1) is 33.6. The van der Waals surface area contributed by atoms with Gasteiger partial charge in [-0.2, -0.15) is 0 Å². The number of carbonyl (C=O) groups is 2. The fourth-order valence-electron chi connectivity index (χ4n) is 5.84. The molecule has 0 spiro atoms. The van der Waals surface area contributed by atoms with Gasteiger partial charge >= 0.3 is 11.6 Å². The number of amides is 1. The predicted octanol–water partition coefficient (Wildman–Crippen LogP) is 5.35. The van der Waals surface area contributed by atoms with Gasteiger partial charge in [0.2, 0.25) is 14.9 Å². The lowest BCUT2D eigenvalue weighted by Crippen LogP contribution is -2.70. The van der Waals surface area contributed by atoms with Crippen molar-refractivity contribution in [3.05, 3.63) is 104 Å². The van der Waals surface area contributed by atoms with Crippen molar-refractivity contribution in [2.75, 3.05) is 6.61 Å². The second-order valence-corrected chi connectivity index (χ2v) is 15.7. The lowest BCUT2D eigenvalue weighted by atomic mass is 9.73. The van der Waals surface area contributed by atoms with E-state index in [0.717, 1.165) is 15.8 Å². The molecular weight excluding hydrogens is 624 g/mol. The van der Waals surface area contributed by atoms with Gasteiger partial charge in [-0.05, 0) is 60.5 Å². The van der Waals surface area contributed by atoms with Gasteiger partial charge < -0.3 is 23.4 Å². The van der Waals surface area contributed by atoms with Crippen LogP contribution in [0.5, 0.6) is 11.5 Å². The van der Waals surface area contributed by atoms with Crippen LogP contribution in [-0.4, -0.2) is 60.1 Å². The third-order valence-electron chi connectivity index (χ3n) is 8.82. The molecule has 1 radical (unpaired) electrons. The lowest BCUT2D eigenvalue weighted by molar-refractivity contribution is -0.561. The Labute approximate surface area is 273 Å². The molecule has 1 fully saturated rings. The first-order valence-corrected chi connectivity index (χ1v) is 17.0. The van der Waals surface area contributed by atoms with Crippen LogP contribution in [0, 0.1) is 16.0 Å². The molecule has 1 N–H and O–H groups in total. The van der Waals surface area contributed by atoms with Crippen LogP contribution < -0.4 is 15.1 Å². The number of fused-ring (bicyclic) bond motifs is 2. The number of nitrogens with zero attached hydrogens (tertiary/aromatic N) is 2. The van der Waals surface area contributed by atoms with Crippen molar-refractivity contribution in [2.24, 2.45) is 5.92 Å². The summed E-state index contributed by atoms with van der Waals surface area (Å²) in [6, 6.07) is 14.4. The number of hydrogen-bond donors (Lipinski definition) is 1. The van der Waals surface area contributed by atoms with Crippen LogP contribution in [0.2, 0.25) is 11.6 Å². The second kappa shape index (κ2) is 12.8. The van der Waals surface area contributed by atoms with Gasteiger partial charge in [0.25, 0.3) is 5.54 Å². The summed E-state index contributed by atoms with van der Waals surface area (Å²) in [5.74, 6) is -1.70. The summed E-state index contributed by atoms with van der Waals surface area (Å²) in [5, 5.41) is 23.3. The number of carboxylic acid groups (broad SMARTS) is 1. The van der Waals surface area contributed by atoms with E-state index in [9.17, 15) is 29.6 Å². The summed E-state index contributed by atoms with van der Waals surface area (Å²) in [5.41, 5.74) is -1.47. The molecule has 1 aromatic heterocycles. The average Bonchev–Trinajstić information content (AvgIpc) is 3.23. The van der Waals surface area contributed by atoms with E-state index in [1.165, 1.54) is 25.1 Å². The van der Waals surface area contributed by atoms with Gasteiger partial charge in [-0.25, -0.2) is 9.59 Å². The van der Waals surface area contributed by atoms with E-state index >= 15 is 0 Å². The lowest BCUT2D eigenvalue weighted by Gasteiger charge is -2.48. The molecule has 1 saturated heterocycles. The normalized spacial score (nSPS) is 21.7. The van der Waals surface area contributed by atoms with Crippen LogP contribution in [0.15, 0.2) is 87.2 Å². The van der Waals surface area contributed by atoms with E-state index in [4.69, 9.17) is 18.3 Å². The molecule has 2 aliphatic rings. The third kappa shape index (κ3) is 6.45. The summed E-state index contributed by atoms with van der Waals surface area (Å²) in [7, 11) is -1.37. The van der Waals surface area contributed by atoms with Gasteiger partial charge in [0.1, 0.15) is 42.0 Å². The highest BCUT2D eigenvalue weighted by Gasteiger charge is 2.72.